The minimum absolute atomic E-state index is 0.243. The Kier molecular flexibility index (Phi) is 5.69. The Balaban J connectivity index is 1.90. The van der Waals surface area contributed by atoms with Crippen LogP contribution in [0.5, 0.6) is 0 Å². The van der Waals surface area contributed by atoms with Gasteiger partial charge in [0.15, 0.2) is 0 Å². The molecular formula is C15H20F2N2O3S. The lowest BCUT2D eigenvalue weighted by Gasteiger charge is -2.19. The Hall–Kier alpha value is -1.54. The fraction of sp³-hybridized carbons (Fsp3) is 0.533. The maximum atomic E-state index is 12.4. The highest BCUT2D eigenvalue weighted by molar-refractivity contribution is 7.91. The zero-order valence-corrected chi connectivity index (χ0v) is 13.7. The van der Waals surface area contributed by atoms with Gasteiger partial charge in [0.1, 0.15) is 0 Å². The van der Waals surface area contributed by atoms with Crippen molar-refractivity contribution in [1.29, 1.82) is 0 Å². The van der Waals surface area contributed by atoms with Crippen LogP contribution in [0, 0.1) is 0 Å². The van der Waals surface area contributed by atoms with Gasteiger partial charge < -0.3 is 5.32 Å². The lowest BCUT2D eigenvalue weighted by Crippen LogP contribution is -2.36. The van der Waals surface area contributed by atoms with Gasteiger partial charge in [-0.15, -0.1) is 0 Å². The van der Waals surface area contributed by atoms with E-state index in [1.165, 1.54) is 25.0 Å². The number of carbonyl (C=O) groups excluding carboxylic acids is 1. The normalized spacial score (nSPS) is 15.2. The molecule has 23 heavy (non-hydrogen) atoms. The first-order valence-electron chi connectivity index (χ1n) is 7.50. The summed E-state index contributed by atoms with van der Waals surface area (Å²) in [6, 6.07) is 5.15. The molecule has 0 spiro atoms. The van der Waals surface area contributed by atoms with Crippen LogP contribution in [0.15, 0.2) is 29.2 Å². The first-order valence-corrected chi connectivity index (χ1v) is 9.05. The van der Waals surface area contributed by atoms with Crippen LogP contribution in [0.4, 0.5) is 8.78 Å². The lowest BCUT2D eigenvalue weighted by atomic mass is 10.2. The third-order valence-electron chi connectivity index (χ3n) is 3.83. The molecule has 2 rings (SSSR count). The van der Waals surface area contributed by atoms with E-state index in [1.54, 1.807) is 0 Å². The van der Waals surface area contributed by atoms with E-state index in [1.807, 2.05) is 0 Å². The molecule has 1 aliphatic carbocycles. The second-order valence-corrected chi connectivity index (χ2v) is 7.36. The maximum absolute atomic E-state index is 12.4. The van der Waals surface area contributed by atoms with Gasteiger partial charge in [0, 0.05) is 24.7 Å². The van der Waals surface area contributed by atoms with Crippen LogP contribution in [0.1, 0.15) is 30.1 Å². The molecule has 0 aromatic heterocycles. The fourth-order valence-corrected chi connectivity index (χ4v) is 3.07. The van der Waals surface area contributed by atoms with Crippen molar-refractivity contribution in [2.45, 2.75) is 36.5 Å². The number of rotatable bonds is 8. The van der Waals surface area contributed by atoms with Gasteiger partial charge in [-0.2, -0.15) is 8.78 Å². The molecule has 1 aromatic carbocycles. The third-order valence-corrected chi connectivity index (χ3v) is 5.23. The molecule has 1 aliphatic rings. The monoisotopic (exact) mass is 346 g/mol. The van der Waals surface area contributed by atoms with Crippen molar-refractivity contribution in [2.24, 2.45) is 0 Å². The summed E-state index contributed by atoms with van der Waals surface area (Å²) in [6.45, 7) is 4.24. The Morgan fingerprint density at radius 1 is 1.30 bits per heavy atom. The summed E-state index contributed by atoms with van der Waals surface area (Å²) in [5, 5.41) is 2.75. The van der Waals surface area contributed by atoms with Crippen LogP contribution in [-0.4, -0.2) is 50.7 Å². The molecule has 0 atom stereocenters. The summed E-state index contributed by atoms with van der Waals surface area (Å²) in [6.07, 6.45) is 2.39. The van der Waals surface area contributed by atoms with Gasteiger partial charge in [-0.25, -0.2) is 8.42 Å². The lowest BCUT2D eigenvalue weighted by molar-refractivity contribution is 0.0948. The molecule has 0 aliphatic heterocycles. The van der Waals surface area contributed by atoms with Crippen molar-refractivity contribution in [3.8, 4) is 0 Å². The van der Waals surface area contributed by atoms with E-state index >= 15 is 0 Å². The van der Waals surface area contributed by atoms with Crippen LogP contribution in [0.2, 0.25) is 0 Å². The van der Waals surface area contributed by atoms with Gasteiger partial charge in [0.25, 0.3) is 5.91 Å². The summed E-state index contributed by atoms with van der Waals surface area (Å²) < 4.78 is 47.5. The molecule has 5 nitrogen and oxygen atoms in total. The molecule has 1 N–H and O–H groups in total. The van der Waals surface area contributed by atoms with Crippen molar-refractivity contribution < 1.29 is 22.0 Å². The second kappa shape index (κ2) is 7.35. The quantitative estimate of drug-likeness (QED) is 0.781. The predicted molar refractivity (Wildman–Crippen MR) is 82.2 cm³/mol. The van der Waals surface area contributed by atoms with Crippen LogP contribution in [-0.2, 0) is 9.84 Å². The van der Waals surface area contributed by atoms with E-state index in [0.29, 0.717) is 12.6 Å². The summed E-state index contributed by atoms with van der Waals surface area (Å²) in [5.74, 6) is -3.82. The van der Waals surface area contributed by atoms with E-state index in [-0.39, 0.29) is 11.5 Å². The molecule has 0 unspecified atom stereocenters. The second-order valence-electron chi connectivity index (χ2n) is 5.45. The topological polar surface area (TPSA) is 66.5 Å². The minimum atomic E-state index is -4.63. The third kappa shape index (κ3) is 4.48. The SMILES string of the molecule is CCN(CCNC(=O)c1ccc(S(=O)(=O)C(F)F)cc1)C1CC1. The predicted octanol–water partition coefficient (Wildman–Crippen LogP) is 1.90. The van der Waals surface area contributed by atoms with E-state index < -0.39 is 20.5 Å². The largest absolute Gasteiger partial charge is 0.351 e. The average Bonchev–Trinajstić information content (AvgIpc) is 3.36. The fourth-order valence-electron chi connectivity index (χ4n) is 2.35. The van der Waals surface area contributed by atoms with Gasteiger partial charge in [-0.05, 0) is 43.7 Å². The Morgan fingerprint density at radius 2 is 1.91 bits per heavy atom. The van der Waals surface area contributed by atoms with E-state index in [9.17, 15) is 22.0 Å². The molecule has 0 saturated heterocycles. The van der Waals surface area contributed by atoms with Crippen molar-refractivity contribution in [3.63, 3.8) is 0 Å². The number of carbonyl (C=O) groups is 1. The standard InChI is InChI=1S/C15H20F2N2O3S/c1-2-19(12-5-6-12)10-9-18-14(20)11-3-7-13(8-4-11)23(21,22)15(16)17/h3-4,7-8,12,15H,2,5-6,9-10H2,1H3,(H,18,20). The number of likely N-dealkylation sites (N-methyl/N-ethyl adjacent to an activating group) is 1. The Morgan fingerprint density at radius 3 is 2.39 bits per heavy atom. The number of sulfone groups is 1. The van der Waals surface area contributed by atoms with Gasteiger partial charge in [-0.3, -0.25) is 9.69 Å². The zero-order chi connectivity index (χ0) is 17.0. The van der Waals surface area contributed by atoms with E-state index in [0.717, 1.165) is 25.2 Å². The molecule has 8 heteroatoms. The Bertz CT molecular complexity index is 643. The molecule has 1 saturated carbocycles. The molecule has 1 amide bonds. The summed E-state index contributed by atoms with van der Waals surface area (Å²) in [5.41, 5.74) is 0.243. The van der Waals surface area contributed by atoms with Gasteiger partial charge in [0.05, 0.1) is 4.90 Å². The number of nitrogens with one attached hydrogen (secondary N) is 1. The first-order chi connectivity index (χ1) is 10.9. The average molecular weight is 346 g/mol. The van der Waals surface area contributed by atoms with Crippen molar-refractivity contribution >= 4 is 15.7 Å². The number of hydrogen-bond donors (Lipinski definition) is 1. The molecule has 0 heterocycles. The number of halogens is 2. The summed E-state index contributed by atoms with van der Waals surface area (Å²) >= 11 is 0. The van der Waals surface area contributed by atoms with Crippen molar-refractivity contribution in [3.05, 3.63) is 29.8 Å². The van der Waals surface area contributed by atoms with Gasteiger partial charge in [0.2, 0.25) is 9.84 Å². The van der Waals surface area contributed by atoms with Gasteiger partial charge in [-0.1, -0.05) is 6.92 Å². The minimum Gasteiger partial charge on any atom is -0.351 e. The summed E-state index contributed by atoms with van der Waals surface area (Å²) in [7, 11) is -4.63. The molecular weight excluding hydrogens is 326 g/mol. The molecule has 128 valence electrons. The molecule has 0 radical (unpaired) electrons. The van der Waals surface area contributed by atoms with Crippen molar-refractivity contribution in [1.82, 2.24) is 10.2 Å². The van der Waals surface area contributed by atoms with Gasteiger partial charge >= 0.3 is 5.76 Å². The number of benzene rings is 1. The number of nitrogens with zero attached hydrogens (tertiary/aromatic N) is 1. The van der Waals surface area contributed by atoms with E-state index in [4.69, 9.17) is 0 Å². The first kappa shape index (κ1) is 17.8. The smallest absolute Gasteiger partial charge is 0.341 e. The maximum Gasteiger partial charge on any atom is 0.341 e. The molecule has 1 fully saturated rings. The Labute approximate surface area is 134 Å². The number of amides is 1. The zero-order valence-electron chi connectivity index (χ0n) is 12.8. The molecule has 1 aromatic rings. The summed E-state index contributed by atoms with van der Waals surface area (Å²) in [4.78, 5) is 13.8. The van der Waals surface area contributed by atoms with E-state index in [2.05, 4.69) is 17.1 Å². The number of hydrogen-bond acceptors (Lipinski definition) is 4. The highest BCUT2D eigenvalue weighted by Crippen LogP contribution is 2.25. The number of alkyl halides is 2. The van der Waals surface area contributed by atoms with Crippen LogP contribution < -0.4 is 5.32 Å². The van der Waals surface area contributed by atoms with Crippen LogP contribution in [0.3, 0.4) is 0 Å². The van der Waals surface area contributed by atoms with Crippen LogP contribution in [0.25, 0.3) is 0 Å². The highest BCUT2D eigenvalue weighted by atomic mass is 32.2. The van der Waals surface area contributed by atoms with Crippen molar-refractivity contribution in [2.75, 3.05) is 19.6 Å². The van der Waals surface area contributed by atoms with Crippen LogP contribution >= 0.6 is 0 Å². The highest BCUT2D eigenvalue weighted by Gasteiger charge is 2.28. The molecule has 0 bridgehead atoms.